The third-order valence-corrected chi connectivity index (χ3v) is 5.58. The highest BCUT2D eigenvalue weighted by Crippen LogP contribution is 2.16. The number of rotatable bonds is 6. The van der Waals surface area contributed by atoms with Crippen molar-refractivity contribution in [3.63, 3.8) is 0 Å². The number of hydrogen-bond donors (Lipinski definition) is 1. The molecule has 1 fully saturated rings. The summed E-state index contributed by atoms with van der Waals surface area (Å²) < 4.78 is 1.34. The Morgan fingerprint density at radius 1 is 1.17 bits per heavy atom. The van der Waals surface area contributed by atoms with Crippen LogP contribution in [0, 0.1) is 0 Å². The van der Waals surface area contributed by atoms with Crippen molar-refractivity contribution in [3.8, 4) is 0 Å². The molecule has 1 saturated heterocycles. The van der Waals surface area contributed by atoms with Gasteiger partial charge < -0.3 is 5.32 Å². The van der Waals surface area contributed by atoms with E-state index in [0.29, 0.717) is 35.6 Å². The van der Waals surface area contributed by atoms with Gasteiger partial charge in [-0.3, -0.25) is 14.5 Å². The van der Waals surface area contributed by atoms with Gasteiger partial charge in [0, 0.05) is 18.2 Å². The lowest BCUT2D eigenvalue weighted by Crippen LogP contribution is -2.40. The molecule has 1 unspecified atom stereocenters. The largest absolute Gasteiger partial charge is 0.350 e. The standard InChI is InChI=1S/C22H25N5O2/c1-2-26-13-5-6-18(26)14-23-21(28)17-11-9-16(10-12-17)15-27-22(29)19-7-3-4-8-20(19)24-25-27/h3-4,7-12,18H,2,5-6,13-15H2,1H3,(H,23,28). The number of likely N-dealkylation sites (tertiary alicyclic amines) is 1. The number of nitrogens with one attached hydrogen (secondary N) is 1. The van der Waals surface area contributed by atoms with E-state index in [-0.39, 0.29) is 11.5 Å². The summed E-state index contributed by atoms with van der Waals surface area (Å²) in [5.41, 5.74) is 1.92. The maximum atomic E-state index is 12.6. The van der Waals surface area contributed by atoms with E-state index in [4.69, 9.17) is 0 Å². The van der Waals surface area contributed by atoms with Crippen molar-refractivity contribution < 1.29 is 4.79 Å². The Bertz CT molecular complexity index is 1060. The van der Waals surface area contributed by atoms with Gasteiger partial charge in [-0.15, -0.1) is 5.10 Å². The van der Waals surface area contributed by atoms with Crippen LogP contribution in [0.3, 0.4) is 0 Å². The van der Waals surface area contributed by atoms with Crippen LogP contribution in [-0.4, -0.2) is 51.5 Å². The Morgan fingerprint density at radius 2 is 1.97 bits per heavy atom. The molecule has 1 aliphatic rings. The topological polar surface area (TPSA) is 80.1 Å². The number of amides is 1. The van der Waals surface area contributed by atoms with Gasteiger partial charge >= 0.3 is 0 Å². The molecule has 0 bridgehead atoms. The third-order valence-electron chi connectivity index (χ3n) is 5.58. The van der Waals surface area contributed by atoms with Crippen LogP contribution in [0.15, 0.2) is 53.3 Å². The smallest absolute Gasteiger partial charge is 0.277 e. The predicted octanol–water partition coefficient (Wildman–Crippen LogP) is 2.05. The van der Waals surface area contributed by atoms with Crippen LogP contribution < -0.4 is 10.9 Å². The zero-order valence-electron chi connectivity index (χ0n) is 16.5. The molecule has 1 aromatic heterocycles. The van der Waals surface area contributed by atoms with Gasteiger partial charge in [0.15, 0.2) is 0 Å². The summed E-state index contributed by atoms with van der Waals surface area (Å²) in [6, 6.07) is 14.9. The third kappa shape index (κ3) is 4.19. The van der Waals surface area contributed by atoms with Crippen LogP contribution in [-0.2, 0) is 6.54 Å². The Morgan fingerprint density at radius 3 is 2.76 bits per heavy atom. The van der Waals surface area contributed by atoms with Crippen molar-refractivity contribution in [3.05, 3.63) is 70.0 Å². The van der Waals surface area contributed by atoms with E-state index >= 15 is 0 Å². The summed E-state index contributed by atoms with van der Waals surface area (Å²) in [5, 5.41) is 11.7. The van der Waals surface area contributed by atoms with E-state index in [1.165, 1.54) is 11.1 Å². The number of benzene rings is 2. The first kappa shape index (κ1) is 19.3. The maximum absolute atomic E-state index is 12.6. The minimum absolute atomic E-state index is 0.0674. The van der Waals surface area contributed by atoms with E-state index < -0.39 is 0 Å². The van der Waals surface area contributed by atoms with Crippen molar-refractivity contribution in [2.45, 2.75) is 32.4 Å². The number of hydrogen-bond acceptors (Lipinski definition) is 5. The second kappa shape index (κ2) is 8.53. The normalized spacial score (nSPS) is 16.9. The zero-order valence-corrected chi connectivity index (χ0v) is 16.5. The Labute approximate surface area is 169 Å². The van der Waals surface area contributed by atoms with Crippen LogP contribution >= 0.6 is 0 Å². The molecule has 2 aromatic carbocycles. The molecule has 0 saturated carbocycles. The van der Waals surface area contributed by atoms with E-state index in [0.717, 1.165) is 25.1 Å². The highest BCUT2D eigenvalue weighted by atomic mass is 16.1. The Kier molecular flexibility index (Phi) is 5.67. The number of carbonyl (C=O) groups excluding carboxylic acids is 1. The average Bonchev–Trinajstić information content (AvgIpc) is 3.22. The molecule has 3 aromatic rings. The molecule has 0 radical (unpaired) electrons. The Balaban J connectivity index is 1.41. The van der Waals surface area contributed by atoms with Crippen molar-refractivity contribution in [1.82, 2.24) is 25.2 Å². The number of carbonyl (C=O) groups is 1. The van der Waals surface area contributed by atoms with Crippen molar-refractivity contribution in [2.24, 2.45) is 0 Å². The second-order valence-electron chi connectivity index (χ2n) is 7.40. The van der Waals surface area contributed by atoms with Crippen molar-refractivity contribution >= 4 is 16.8 Å². The Hall–Kier alpha value is -3.06. The monoisotopic (exact) mass is 391 g/mol. The number of likely N-dealkylation sites (N-methyl/N-ethyl adjacent to an activating group) is 1. The maximum Gasteiger partial charge on any atom is 0.277 e. The molecule has 1 amide bonds. The molecule has 7 nitrogen and oxygen atoms in total. The second-order valence-corrected chi connectivity index (χ2v) is 7.40. The molecule has 150 valence electrons. The molecule has 0 aliphatic carbocycles. The van der Waals surface area contributed by atoms with Gasteiger partial charge in [-0.2, -0.15) is 0 Å². The van der Waals surface area contributed by atoms with E-state index in [1.54, 1.807) is 24.3 Å². The lowest BCUT2D eigenvalue weighted by atomic mass is 10.1. The summed E-state index contributed by atoms with van der Waals surface area (Å²) in [6.45, 7) is 5.28. The highest BCUT2D eigenvalue weighted by molar-refractivity contribution is 5.94. The lowest BCUT2D eigenvalue weighted by Gasteiger charge is -2.22. The van der Waals surface area contributed by atoms with Gasteiger partial charge in [0.25, 0.3) is 11.5 Å². The summed E-state index contributed by atoms with van der Waals surface area (Å²) in [5.74, 6) is -0.0674. The van der Waals surface area contributed by atoms with Crippen LogP contribution in [0.4, 0.5) is 0 Å². The summed E-state index contributed by atoms with van der Waals surface area (Å²) in [6.07, 6.45) is 2.33. The molecular weight excluding hydrogens is 366 g/mol. The van der Waals surface area contributed by atoms with Gasteiger partial charge in [0.1, 0.15) is 5.52 Å². The molecule has 1 N–H and O–H groups in total. The number of aromatic nitrogens is 3. The molecule has 0 spiro atoms. The molecule has 7 heteroatoms. The van der Waals surface area contributed by atoms with Crippen molar-refractivity contribution in [1.29, 1.82) is 0 Å². The van der Waals surface area contributed by atoms with Gasteiger partial charge in [-0.05, 0) is 55.8 Å². The van der Waals surface area contributed by atoms with Gasteiger partial charge in [0.2, 0.25) is 0 Å². The minimum Gasteiger partial charge on any atom is -0.350 e. The van der Waals surface area contributed by atoms with Gasteiger partial charge in [0.05, 0.1) is 11.9 Å². The van der Waals surface area contributed by atoms with Gasteiger partial charge in [-0.25, -0.2) is 4.68 Å². The molecule has 4 rings (SSSR count). The first-order chi connectivity index (χ1) is 14.2. The fraction of sp³-hybridized carbons (Fsp3) is 0.364. The van der Waals surface area contributed by atoms with Crippen LogP contribution in [0.2, 0.25) is 0 Å². The van der Waals surface area contributed by atoms with E-state index in [2.05, 4.69) is 27.5 Å². The molecule has 1 aliphatic heterocycles. The molecule has 29 heavy (non-hydrogen) atoms. The van der Waals surface area contributed by atoms with E-state index in [9.17, 15) is 9.59 Å². The SMILES string of the molecule is CCN1CCCC1CNC(=O)c1ccc(Cn2nnc3ccccc3c2=O)cc1. The quantitative estimate of drug-likeness (QED) is 0.696. The fourth-order valence-electron chi connectivity index (χ4n) is 3.92. The number of fused-ring (bicyclic) bond motifs is 1. The van der Waals surface area contributed by atoms with Crippen LogP contribution in [0.25, 0.3) is 10.9 Å². The van der Waals surface area contributed by atoms with Crippen molar-refractivity contribution in [2.75, 3.05) is 19.6 Å². The lowest BCUT2D eigenvalue weighted by molar-refractivity contribution is 0.0941. The predicted molar refractivity (Wildman–Crippen MR) is 112 cm³/mol. The fourth-order valence-corrected chi connectivity index (χ4v) is 3.92. The van der Waals surface area contributed by atoms with E-state index in [1.807, 2.05) is 24.3 Å². The molecule has 1 atom stereocenters. The minimum atomic E-state index is -0.172. The first-order valence-corrected chi connectivity index (χ1v) is 10.1. The average molecular weight is 391 g/mol. The zero-order chi connectivity index (χ0) is 20.2. The molecule has 2 heterocycles. The summed E-state index contributed by atoms with van der Waals surface area (Å²) in [4.78, 5) is 27.4. The molecular formula is C22H25N5O2. The van der Waals surface area contributed by atoms with Crippen LogP contribution in [0.5, 0.6) is 0 Å². The van der Waals surface area contributed by atoms with Gasteiger partial charge in [-0.1, -0.05) is 36.4 Å². The summed E-state index contributed by atoms with van der Waals surface area (Å²) in [7, 11) is 0. The highest BCUT2D eigenvalue weighted by Gasteiger charge is 2.23. The van der Waals surface area contributed by atoms with Crippen LogP contribution in [0.1, 0.15) is 35.7 Å². The first-order valence-electron chi connectivity index (χ1n) is 10.1. The number of nitrogens with zero attached hydrogens (tertiary/aromatic N) is 4. The summed E-state index contributed by atoms with van der Waals surface area (Å²) >= 11 is 0.